The van der Waals surface area contributed by atoms with E-state index in [0.717, 1.165) is 12.8 Å². The first-order valence-corrected chi connectivity index (χ1v) is 8.95. The molecule has 1 aromatic rings. The fourth-order valence-corrected chi connectivity index (χ4v) is 3.08. The fraction of sp³-hybridized carbons (Fsp3) is 0.500. The Bertz CT molecular complexity index is 823. The maximum atomic E-state index is 12.4. The normalized spacial score (nSPS) is 20.9. The molecule has 0 fully saturated rings. The molecule has 9 nitrogen and oxygen atoms in total. The number of nitrogens with one attached hydrogen (secondary N) is 1. The summed E-state index contributed by atoms with van der Waals surface area (Å²) in [5, 5.41) is 25.2. The zero-order valence-electron chi connectivity index (χ0n) is 15.0. The molecule has 1 aliphatic heterocycles. The number of allylic oxidation sites excluding steroid dienone is 2. The van der Waals surface area contributed by atoms with Crippen LogP contribution < -0.4 is 5.32 Å². The molecular formula is C18H22N4O5. The van der Waals surface area contributed by atoms with Gasteiger partial charge >= 0.3 is 5.97 Å². The monoisotopic (exact) mass is 374 g/mol. The molecule has 1 amide bonds. The molecule has 27 heavy (non-hydrogen) atoms. The number of carboxylic acids is 1. The lowest BCUT2D eigenvalue weighted by Gasteiger charge is -2.20. The van der Waals surface area contributed by atoms with Gasteiger partial charge in [-0.15, -0.1) is 0 Å². The Hall–Kier alpha value is -2.97. The number of aliphatic carboxylic acids is 1. The fourth-order valence-electron chi connectivity index (χ4n) is 3.08. The SMILES string of the molecule is CC(Cc1nc(C2CC=C(O)C=N2)no1)C(=O)NC1=C(C(=O)O)CCCC1. The molecule has 144 valence electrons. The van der Waals surface area contributed by atoms with Gasteiger partial charge in [-0.05, 0) is 38.2 Å². The minimum atomic E-state index is -0.979. The van der Waals surface area contributed by atoms with Crippen molar-refractivity contribution < 1.29 is 24.3 Å². The van der Waals surface area contributed by atoms with Gasteiger partial charge in [0.1, 0.15) is 11.8 Å². The second kappa shape index (κ2) is 8.15. The molecule has 2 unspecified atom stereocenters. The zero-order valence-corrected chi connectivity index (χ0v) is 15.0. The predicted octanol–water partition coefficient (Wildman–Crippen LogP) is 2.23. The highest BCUT2D eigenvalue weighted by Crippen LogP contribution is 2.24. The Morgan fingerprint density at radius 1 is 1.37 bits per heavy atom. The molecule has 2 aliphatic rings. The number of aliphatic hydroxyl groups excluding tert-OH is 1. The number of carboxylic acid groups (broad SMARTS) is 1. The quantitative estimate of drug-likeness (QED) is 0.694. The van der Waals surface area contributed by atoms with Crippen molar-refractivity contribution in [3.63, 3.8) is 0 Å². The van der Waals surface area contributed by atoms with E-state index in [2.05, 4.69) is 20.4 Å². The molecule has 2 heterocycles. The van der Waals surface area contributed by atoms with E-state index in [-0.39, 0.29) is 29.7 Å². The van der Waals surface area contributed by atoms with E-state index < -0.39 is 11.9 Å². The molecule has 9 heteroatoms. The van der Waals surface area contributed by atoms with Crippen LogP contribution >= 0.6 is 0 Å². The molecule has 2 atom stereocenters. The highest BCUT2D eigenvalue weighted by molar-refractivity contribution is 5.89. The van der Waals surface area contributed by atoms with Crippen LogP contribution in [0.15, 0.2) is 32.6 Å². The summed E-state index contributed by atoms with van der Waals surface area (Å²) in [4.78, 5) is 32.2. The third-order valence-electron chi connectivity index (χ3n) is 4.65. The Labute approximate surface area is 155 Å². The van der Waals surface area contributed by atoms with Gasteiger partial charge < -0.3 is 20.1 Å². The van der Waals surface area contributed by atoms with Gasteiger partial charge in [-0.25, -0.2) is 4.79 Å². The predicted molar refractivity (Wildman–Crippen MR) is 95.0 cm³/mol. The number of hydrogen-bond donors (Lipinski definition) is 3. The molecule has 3 N–H and O–H groups in total. The van der Waals surface area contributed by atoms with Gasteiger partial charge in [-0.1, -0.05) is 12.1 Å². The second-order valence-electron chi connectivity index (χ2n) is 6.77. The Balaban J connectivity index is 1.60. The third kappa shape index (κ3) is 4.60. The van der Waals surface area contributed by atoms with Gasteiger partial charge in [0.2, 0.25) is 11.8 Å². The van der Waals surface area contributed by atoms with Gasteiger partial charge in [0.05, 0.1) is 11.8 Å². The number of aliphatic hydroxyl groups is 1. The van der Waals surface area contributed by atoms with Crippen LogP contribution in [0.2, 0.25) is 0 Å². The summed E-state index contributed by atoms with van der Waals surface area (Å²) in [6.07, 6.45) is 6.40. The summed E-state index contributed by atoms with van der Waals surface area (Å²) < 4.78 is 5.21. The van der Waals surface area contributed by atoms with Crippen LogP contribution in [0.5, 0.6) is 0 Å². The van der Waals surface area contributed by atoms with E-state index in [1.165, 1.54) is 6.21 Å². The van der Waals surface area contributed by atoms with Gasteiger partial charge in [-0.3, -0.25) is 9.79 Å². The number of hydrogen-bond acceptors (Lipinski definition) is 7. The van der Waals surface area contributed by atoms with Crippen molar-refractivity contribution in [2.45, 2.75) is 51.5 Å². The minimum Gasteiger partial charge on any atom is -0.507 e. The summed E-state index contributed by atoms with van der Waals surface area (Å²) in [5.74, 6) is -0.876. The molecule has 0 aromatic carbocycles. The van der Waals surface area contributed by atoms with Crippen LogP contribution in [0.3, 0.4) is 0 Å². The van der Waals surface area contributed by atoms with Crippen LogP contribution in [0.4, 0.5) is 0 Å². The first kappa shape index (κ1) is 18.8. The Kier molecular flexibility index (Phi) is 5.68. The van der Waals surface area contributed by atoms with Crippen molar-refractivity contribution >= 4 is 18.1 Å². The van der Waals surface area contributed by atoms with Crippen molar-refractivity contribution in [2.24, 2.45) is 10.9 Å². The standard InChI is InChI=1S/C18H22N4O5/c1-10(17(24)20-13-5-3-2-4-12(13)18(25)26)8-15-21-16(22-27-15)14-7-6-11(23)9-19-14/h6,9-10,14,23H,2-5,7-8H2,1H3,(H,20,24)(H,25,26). The first-order valence-electron chi connectivity index (χ1n) is 8.95. The lowest BCUT2D eigenvalue weighted by Crippen LogP contribution is -2.32. The lowest BCUT2D eigenvalue weighted by atomic mass is 9.95. The molecule has 0 bridgehead atoms. The lowest BCUT2D eigenvalue weighted by molar-refractivity contribution is -0.133. The van der Waals surface area contributed by atoms with Gasteiger partial charge in [0.25, 0.3) is 0 Å². The van der Waals surface area contributed by atoms with E-state index in [1.807, 2.05) is 0 Å². The van der Waals surface area contributed by atoms with E-state index in [1.54, 1.807) is 13.0 Å². The van der Waals surface area contributed by atoms with Crippen LogP contribution in [0, 0.1) is 5.92 Å². The number of rotatable bonds is 6. The van der Waals surface area contributed by atoms with E-state index in [0.29, 0.717) is 36.7 Å². The molecule has 1 aliphatic carbocycles. The molecular weight excluding hydrogens is 352 g/mol. The van der Waals surface area contributed by atoms with Crippen molar-refractivity contribution in [1.29, 1.82) is 0 Å². The third-order valence-corrected chi connectivity index (χ3v) is 4.65. The second-order valence-corrected chi connectivity index (χ2v) is 6.77. The highest BCUT2D eigenvalue weighted by atomic mass is 16.5. The summed E-state index contributed by atoms with van der Waals surface area (Å²) in [5.41, 5.74) is 0.785. The molecule has 3 rings (SSSR count). The maximum Gasteiger partial charge on any atom is 0.333 e. The van der Waals surface area contributed by atoms with Crippen LogP contribution in [-0.2, 0) is 16.0 Å². The number of aromatic nitrogens is 2. The van der Waals surface area contributed by atoms with Crippen LogP contribution in [0.1, 0.15) is 56.8 Å². The maximum absolute atomic E-state index is 12.4. The number of aliphatic imine (C=N–C) groups is 1. The van der Waals surface area contributed by atoms with Crippen LogP contribution in [-0.4, -0.2) is 38.4 Å². The minimum absolute atomic E-state index is 0.109. The number of amides is 1. The molecule has 0 radical (unpaired) electrons. The summed E-state index contributed by atoms with van der Waals surface area (Å²) in [7, 11) is 0. The molecule has 0 spiro atoms. The van der Waals surface area contributed by atoms with Gasteiger partial charge in [0, 0.05) is 18.0 Å². The van der Waals surface area contributed by atoms with Crippen molar-refractivity contribution in [3.05, 3.63) is 34.8 Å². The Morgan fingerprint density at radius 2 is 2.15 bits per heavy atom. The smallest absolute Gasteiger partial charge is 0.333 e. The zero-order chi connectivity index (χ0) is 19.4. The van der Waals surface area contributed by atoms with Crippen molar-refractivity contribution in [1.82, 2.24) is 15.5 Å². The molecule has 0 saturated carbocycles. The topological polar surface area (TPSA) is 138 Å². The van der Waals surface area contributed by atoms with E-state index >= 15 is 0 Å². The molecule has 0 saturated heterocycles. The van der Waals surface area contributed by atoms with Crippen LogP contribution in [0.25, 0.3) is 0 Å². The van der Waals surface area contributed by atoms with Gasteiger partial charge in [0.15, 0.2) is 5.82 Å². The first-order chi connectivity index (χ1) is 12.9. The Morgan fingerprint density at radius 3 is 2.85 bits per heavy atom. The van der Waals surface area contributed by atoms with Crippen molar-refractivity contribution in [2.75, 3.05) is 0 Å². The highest BCUT2D eigenvalue weighted by Gasteiger charge is 2.24. The number of nitrogens with zero attached hydrogens (tertiary/aromatic N) is 3. The summed E-state index contributed by atoms with van der Waals surface area (Å²) in [6, 6.07) is -0.312. The van der Waals surface area contributed by atoms with E-state index in [4.69, 9.17) is 4.52 Å². The number of carbonyl (C=O) groups is 2. The summed E-state index contributed by atoms with van der Waals surface area (Å²) in [6.45, 7) is 1.72. The molecule has 1 aromatic heterocycles. The summed E-state index contributed by atoms with van der Waals surface area (Å²) >= 11 is 0. The average molecular weight is 374 g/mol. The van der Waals surface area contributed by atoms with Gasteiger partial charge in [-0.2, -0.15) is 4.98 Å². The largest absolute Gasteiger partial charge is 0.507 e. The average Bonchev–Trinajstić information content (AvgIpc) is 3.11. The number of carbonyl (C=O) groups excluding carboxylic acids is 1. The number of dihydropyridines is 1. The van der Waals surface area contributed by atoms with E-state index in [9.17, 15) is 19.8 Å². The van der Waals surface area contributed by atoms with Crippen molar-refractivity contribution in [3.8, 4) is 0 Å².